The van der Waals surface area contributed by atoms with Gasteiger partial charge in [-0.25, -0.2) is 8.78 Å². The molecule has 0 saturated carbocycles. The van der Waals surface area contributed by atoms with E-state index in [-0.39, 0.29) is 49.7 Å². The summed E-state index contributed by atoms with van der Waals surface area (Å²) in [4.78, 5) is 16.9. The molecule has 2 fully saturated rings. The van der Waals surface area contributed by atoms with E-state index in [0.29, 0.717) is 26.2 Å². The molecule has 3 rings (SSSR count). The monoisotopic (exact) mass is 410 g/mol. The molecule has 0 aromatic heterocycles. The average Bonchev–Trinajstić information content (AvgIpc) is 3.07. The third kappa shape index (κ3) is 5.25. The zero-order valence-electron chi connectivity index (χ0n) is 17.3. The van der Waals surface area contributed by atoms with Crippen LogP contribution in [-0.4, -0.2) is 72.7 Å². The van der Waals surface area contributed by atoms with Crippen molar-refractivity contribution in [1.82, 2.24) is 9.80 Å². The van der Waals surface area contributed by atoms with Crippen LogP contribution in [0.3, 0.4) is 0 Å². The minimum atomic E-state index is -2.56. The van der Waals surface area contributed by atoms with Crippen LogP contribution in [0.25, 0.3) is 0 Å². The standard InChI is InChI=1S/C22H32F2N2O3/c1-3-17-13-26(21(28)12-16-4-6-18(29-2)7-5-16)20(15-27)19(17)14-25-10-8-22(23,24)9-11-25/h4-7,17,19-20,27H,3,8-15H2,1-2H3/t17-,19-,20-/m1/s1. The lowest BCUT2D eigenvalue weighted by Crippen LogP contribution is -2.47. The van der Waals surface area contributed by atoms with Crippen molar-refractivity contribution in [2.24, 2.45) is 11.8 Å². The van der Waals surface area contributed by atoms with Gasteiger partial charge in [0.25, 0.3) is 5.92 Å². The number of hydrogen-bond acceptors (Lipinski definition) is 4. The van der Waals surface area contributed by atoms with E-state index in [0.717, 1.165) is 17.7 Å². The second-order valence-corrected chi connectivity index (χ2v) is 8.31. The summed E-state index contributed by atoms with van der Waals surface area (Å²) in [5, 5.41) is 10.1. The predicted molar refractivity (Wildman–Crippen MR) is 107 cm³/mol. The Labute approximate surface area is 171 Å². The van der Waals surface area contributed by atoms with Crippen molar-refractivity contribution in [2.75, 3.05) is 39.9 Å². The average molecular weight is 411 g/mol. The van der Waals surface area contributed by atoms with Gasteiger partial charge in [0.2, 0.25) is 5.91 Å². The Bertz CT molecular complexity index is 673. The predicted octanol–water partition coefficient (Wildman–Crippen LogP) is 2.81. The largest absolute Gasteiger partial charge is 0.497 e. The highest BCUT2D eigenvalue weighted by Crippen LogP contribution is 2.35. The van der Waals surface area contributed by atoms with Gasteiger partial charge in [0.1, 0.15) is 5.75 Å². The van der Waals surface area contributed by atoms with Crippen molar-refractivity contribution >= 4 is 5.91 Å². The van der Waals surface area contributed by atoms with Gasteiger partial charge in [-0.3, -0.25) is 4.79 Å². The molecule has 0 unspecified atom stereocenters. The van der Waals surface area contributed by atoms with Crippen LogP contribution in [0.4, 0.5) is 8.78 Å². The Morgan fingerprint density at radius 3 is 2.45 bits per heavy atom. The normalized spacial score (nSPS) is 27.2. The lowest BCUT2D eigenvalue weighted by molar-refractivity contribution is -0.132. The van der Waals surface area contributed by atoms with Crippen LogP contribution in [-0.2, 0) is 11.2 Å². The highest BCUT2D eigenvalue weighted by atomic mass is 19.3. The van der Waals surface area contributed by atoms with Gasteiger partial charge in [-0.2, -0.15) is 0 Å². The van der Waals surface area contributed by atoms with E-state index in [9.17, 15) is 18.7 Å². The van der Waals surface area contributed by atoms with E-state index in [1.54, 1.807) is 7.11 Å². The SMILES string of the molecule is CC[C@@H]1CN(C(=O)Cc2ccc(OC)cc2)[C@H](CO)[C@@H]1CN1CCC(F)(F)CC1. The Balaban J connectivity index is 1.65. The number of piperidine rings is 1. The molecular weight excluding hydrogens is 378 g/mol. The number of amides is 1. The molecule has 7 heteroatoms. The summed E-state index contributed by atoms with van der Waals surface area (Å²) in [6.45, 7) is 4.01. The minimum absolute atomic E-state index is 0.000319. The summed E-state index contributed by atoms with van der Waals surface area (Å²) in [5.74, 6) is -1.44. The maximum Gasteiger partial charge on any atom is 0.250 e. The number of carbonyl (C=O) groups is 1. The summed E-state index contributed by atoms with van der Waals surface area (Å²) in [6.07, 6.45) is 0.956. The summed E-state index contributed by atoms with van der Waals surface area (Å²) in [7, 11) is 1.60. The molecule has 5 nitrogen and oxygen atoms in total. The van der Waals surface area contributed by atoms with E-state index in [4.69, 9.17) is 4.74 Å². The van der Waals surface area contributed by atoms with Crippen molar-refractivity contribution in [3.05, 3.63) is 29.8 Å². The summed E-state index contributed by atoms with van der Waals surface area (Å²) in [6, 6.07) is 7.17. The zero-order chi connectivity index (χ0) is 21.0. The Morgan fingerprint density at radius 1 is 1.24 bits per heavy atom. The number of aliphatic hydroxyl groups excluding tert-OH is 1. The van der Waals surface area contributed by atoms with Crippen LogP contribution >= 0.6 is 0 Å². The molecule has 2 aliphatic rings. The van der Waals surface area contributed by atoms with Gasteiger partial charge in [-0.1, -0.05) is 25.5 Å². The third-order valence-electron chi connectivity index (χ3n) is 6.53. The number of carbonyl (C=O) groups excluding carboxylic acids is 1. The fourth-order valence-electron chi connectivity index (χ4n) is 4.67. The van der Waals surface area contributed by atoms with Crippen molar-refractivity contribution in [3.63, 3.8) is 0 Å². The van der Waals surface area contributed by atoms with E-state index in [1.807, 2.05) is 29.2 Å². The molecule has 2 heterocycles. The number of rotatable bonds is 7. The number of benzene rings is 1. The number of methoxy groups -OCH3 is 1. The van der Waals surface area contributed by atoms with E-state index < -0.39 is 5.92 Å². The maximum atomic E-state index is 13.5. The fourth-order valence-corrected chi connectivity index (χ4v) is 4.67. The van der Waals surface area contributed by atoms with E-state index >= 15 is 0 Å². The van der Waals surface area contributed by atoms with Crippen LogP contribution in [0.5, 0.6) is 5.75 Å². The third-order valence-corrected chi connectivity index (χ3v) is 6.53. The highest BCUT2D eigenvalue weighted by Gasteiger charge is 2.44. The number of alkyl halides is 2. The number of ether oxygens (including phenoxy) is 1. The summed E-state index contributed by atoms with van der Waals surface area (Å²) in [5.41, 5.74) is 0.905. The Kier molecular flexibility index (Phi) is 7.11. The van der Waals surface area contributed by atoms with Crippen LogP contribution in [0.2, 0.25) is 0 Å². The van der Waals surface area contributed by atoms with Crippen molar-refractivity contribution < 1.29 is 23.4 Å². The maximum absolute atomic E-state index is 13.5. The zero-order valence-corrected chi connectivity index (χ0v) is 17.3. The number of halogens is 2. The molecule has 162 valence electrons. The van der Waals surface area contributed by atoms with Crippen molar-refractivity contribution in [1.29, 1.82) is 0 Å². The smallest absolute Gasteiger partial charge is 0.250 e. The molecule has 1 N–H and O–H groups in total. The number of aliphatic hydroxyl groups is 1. The Hall–Kier alpha value is -1.73. The van der Waals surface area contributed by atoms with Gasteiger partial charge in [0.05, 0.1) is 26.2 Å². The number of likely N-dealkylation sites (tertiary alicyclic amines) is 2. The van der Waals surface area contributed by atoms with Gasteiger partial charge < -0.3 is 19.6 Å². The van der Waals surface area contributed by atoms with Gasteiger partial charge >= 0.3 is 0 Å². The molecule has 0 bridgehead atoms. The molecule has 1 aromatic rings. The first kappa shape index (κ1) is 22.0. The Morgan fingerprint density at radius 2 is 1.90 bits per heavy atom. The number of nitrogens with zero attached hydrogens (tertiary/aromatic N) is 2. The molecule has 0 aliphatic carbocycles. The second-order valence-electron chi connectivity index (χ2n) is 8.31. The molecule has 2 aliphatic heterocycles. The summed E-state index contributed by atoms with van der Waals surface area (Å²) < 4.78 is 32.1. The van der Waals surface area contributed by atoms with Crippen LogP contribution < -0.4 is 4.74 Å². The second kappa shape index (κ2) is 9.39. The minimum Gasteiger partial charge on any atom is -0.497 e. The lowest BCUT2D eigenvalue weighted by Gasteiger charge is -2.36. The van der Waals surface area contributed by atoms with Gasteiger partial charge in [-0.15, -0.1) is 0 Å². The molecule has 1 aromatic carbocycles. The van der Waals surface area contributed by atoms with E-state index in [1.165, 1.54) is 0 Å². The van der Waals surface area contributed by atoms with Gasteiger partial charge in [-0.05, 0) is 29.5 Å². The molecule has 1 amide bonds. The first-order chi connectivity index (χ1) is 13.9. The molecule has 29 heavy (non-hydrogen) atoms. The fraction of sp³-hybridized carbons (Fsp3) is 0.682. The van der Waals surface area contributed by atoms with Crippen molar-refractivity contribution in [3.8, 4) is 5.75 Å². The lowest BCUT2D eigenvalue weighted by atomic mass is 9.87. The van der Waals surface area contributed by atoms with Crippen LogP contribution in [0.1, 0.15) is 31.7 Å². The van der Waals surface area contributed by atoms with Crippen LogP contribution in [0, 0.1) is 11.8 Å². The van der Waals surface area contributed by atoms with Gasteiger partial charge in [0, 0.05) is 39.0 Å². The number of hydrogen-bond donors (Lipinski definition) is 1. The molecule has 2 saturated heterocycles. The topological polar surface area (TPSA) is 53.0 Å². The van der Waals surface area contributed by atoms with Gasteiger partial charge in [0.15, 0.2) is 0 Å². The first-order valence-electron chi connectivity index (χ1n) is 10.5. The molecule has 3 atom stereocenters. The quantitative estimate of drug-likeness (QED) is 0.751. The molecule has 0 spiro atoms. The van der Waals surface area contributed by atoms with Crippen molar-refractivity contribution in [2.45, 2.75) is 44.6 Å². The molecular formula is C22H32F2N2O3. The van der Waals surface area contributed by atoms with Crippen LogP contribution in [0.15, 0.2) is 24.3 Å². The highest BCUT2D eigenvalue weighted by molar-refractivity contribution is 5.79. The summed E-state index contributed by atoms with van der Waals surface area (Å²) >= 11 is 0. The molecule has 0 radical (unpaired) electrons. The first-order valence-corrected chi connectivity index (χ1v) is 10.5. The van der Waals surface area contributed by atoms with E-state index in [2.05, 4.69) is 11.8 Å².